The van der Waals surface area contributed by atoms with Crippen LogP contribution in [0.3, 0.4) is 0 Å². The van der Waals surface area contributed by atoms with Crippen LogP contribution in [0.25, 0.3) is 17.0 Å². The van der Waals surface area contributed by atoms with Crippen molar-refractivity contribution in [3.05, 3.63) is 48.9 Å². The molecule has 29 heavy (non-hydrogen) atoms. The number of benzene rings is 1. The van der Waals surface area contributed by atoms with Crippen LogP contribution in [0, 0.1) is 5.92 Å². The summed E-state index contributed by atoms with van der Waals surface area (Å²) >= 11 is 0. The lowest BCUT2D eigenvalue weighted by molar-refractivity contribution is -0.125. The van der Waals surface area contributed by atoms with Crippen LogP contribution < -0.4 is 16.4 Å². The Hall–Kier alpha value is -2.68. The number of nitrogens with zero attached hydrogens (tertiary/aromatic N) is 3. The molecule has 2 aromatic heterocycles. The summed E-state index contributed by atoms with van der Waals surface area (Å²) in [6.07, 6.45) is 5.47. The normalized spacial score (nSPS) is 11.3. The predicted octanol–water partition coefficient (Wildman–Crippen LogP) is 2.28. The van der Waals surface area contributed by atoms with Gasteiger partial charge in [-0.2, -0.15) is 0 Å². The first kappa shape index (κ1) is 24.4. The van der Waals surface area contributed by atoms with Crippen LogP contribution in [0.1, 0.15) is 13.8 Å². The van der Waals surface area contributed by atoms with Crippen molar-refractivity contribution in [2.45, 2.75) is 19.9 Å². The van der Waals surface area contributed by atoms with E-state index < -0.39 is 6.04 Å². The van der Waals surface area contributed by atoms with Gasteiger partial charge in [-0.05, 0) is 24.1 Å². The molecule has 4 N–H and O–H groups in total. The van der Waals surface area contributed by atoms with Crippen LogP contribution >= 0.6 is 24.8 Å². The maximum Gasteiger partial charge on any atom is 0.243 e. The van der Waals surface area contributed by atoms with E-state index in [9.17, 15) is 9.59 Å². The fraction of sp³-hybridized carbons (Fsp3) is 0.263. The van der Waals surface area contributed by atoms with Crippen LogP contribution in [-0.2, 0) is 9.59 Å². The number of amides is 2. The minimum absolute atomic E-state index is 0. The Morgan fingerprint density at radius 2 is 1.86 bits per heavy atom. The molecule has 0 fully saturated rings. The zero-order valence-electron chi connectivity index (χ0n) is 16.0. The summed E-state index contributed by atoms with van der Waals surface area (Å²) in [7, 11) is 0. The lowest BCUT2D eigenvalue weighted by Gasteiger charge is -2.15. The molecule has 0 radical (unpaired) electrons. The highest BCUT2D eigenvalue weighted by Crippen LogP contribution is 2.20. The van der Waals surface area contributed by atoms with E-state index in [4.69, 9.17) is 5.73 Å². The van der Waals surface area contributed by atoms with E-state index in [1.165, 1.54) is 0 Å². The van der Waals surface area contributed by atoms with Gasteiger partial charge >= 0.3 is 0 Å². The van der Waals surface area contributed by atoms with Gasteiger partial charge in [0, 0.05) is 29.8 Å². The van der Waals surface area contributed by atoms with Crippen LogP contribution in [0.4, 0.5) is 5.69 Å². The molecule has 0 saturated carbocycles. The van der Waals surface area contributed by atoms with E-state index in [1.807, 2.05) is 48.8 Å². The molecule has 0 saturated heterocycles. The molecule has 3 aromatic rings. The molecule has 0 spiro atoms. The fourth-order valence-electron chi connectivity index (χ4n) is 2.49. The Morgan fingerprint density at radius 3 is 2.48 bits per heavy atom. The Bertz CT molecular complexity index is 926. The van der Waals surface area contributed by atoms with Crippen LogP contribution in [0.2, 0.25) is 0 Å². The fourth-order valence-corrected chi connectivity index (χ4v) is 2.49. The largest absolute Gasteiger partial charge is 0.346 e. The molecule has 0 aliphatic rings. The second kappa shape index (κ2) is 10.8. The Kier molecular flexibility index (Phi) is 9.03. The van der Waals surface area contributed by atoms with Crippen LogP contribution in [0.15, 0.2) is 48.9 Å². The quantitative estimate of drug-likeness (QED) is 0.545. The highest BCUT2D eigenvalue weighted by molar-refractivity contribution is 5.95. The third kappa shape index (κ3) is 6.15. The van der Waals surface area contributed by atoms with Gasteiger partial charge < -0.3 is 16.4 Å². The number of aromatic nitrogens is 3. The zero-order valence-corrected chi connectivity index (χ0v) is 17.7. The third-order valence-corrected chi connectivity index (χ3v) is 4.14. The summed E-state index contributed by atoms with van der Waals surface area (Å²) in [5.74, 6) is -0.0180. The Balaban J connectivity index is 0.00000210. The van der Waals surface area contributed by atoms with E-state index in [-0.39, 0.29) is 49.1 Å². The van der Waals surface area contributed by atoms with Crippen molar-refractivity contribution in [2.24, 2.45) is 11.7 Å². The molecule has 3 rings (SSSR count). The number of carbonyl (C=O) groups excluding carboxylic acids is 2. The number of carbonyl (C=O) groups is 2. The van der Waals surface area contributed by atoms with Gasteiger partial charge in [0.25, 0.3) is 0 Å². The van der Waals surface area contributed by atoms with E-state index in [1.54, 1.807) is 18.3 Å². The second-order valence-electron chi connectivity index (χ2n) is 6.57. The lowest BCUT2D eigenvalue weighted by atomic mass is 10.1. The molecule has 2 amide bonds. The highest BCUT2D eigenvalue weighted by Gasteiger charge is 2.17. The van der Waals surface area contributed by atoms with Crippen molar-refractivity contribution in [3.63, 3.8) is 0 Å². The molecule has 156 valence electrons. The van der Waals surface area contributed by atoms with Gasteiger partial charge in [0.05, 0.1) is 18.3 Å². The molecule has 1 atom stereocenters. The monoisotopic (exact) mass is 438 g/mol. The molecule has 0 unspecified atom stereocenters. The summed E-state index contributed by atoms with van der Waals surface area (Å²) in [5, 5.41) is 5.28. The van der Waals surface area contributed by atoms with Crippen molar-refractivity contribution in [1.82, 2.24) is 19.7 Å². The van der Waals surface area contributed by atoms with Gasteiger partial charge in [0.2, 0.25) is 17.6 Å². The average molecular weight is 439 g/mol. The molecule has 0 aliphatic heterocycles. The lowest BCUT2D eigenvalue weighted by Crippen LogP contribution is -2.46. The Morgan fingerprint density at radius 1 is 1.17 bits per heavy atom. The molecule has 0 bridgehead atoms. The first-order valence-electron chi connectivity index (χ1n) is 8.67. The van der Waals surface area contributed by atoms with E-state index in [2.05, 4.69) is 20.6 Å². The number of nitrogens with two attached hydrogens (primary N) is 1. The van der Waals surface area contributed by atoms with E-state index in [0.29, 0.717) is 11.5 Å². The number of rotatable bonds is 6. The molecular formula is C19H24Cl2N6O2. The first-order chi connectivity index (χ1) is 12.9. The standard InChI is InChI=1S/C19H22N6O2.2ClH/c1-12(2)17(20)18(27)22-10-16(26)23-14-6-4-13(5-7-14)15-11-25-9-3-8-21-19(25)24-15;;/h3-9,11-12,17H,10,20H2,1-2H3,(H,22,27)(H,23,26);2*1H/t17-;;/m0../s1. The van der Waals surface area contributed by atoms with Crippen LogP contribution in [0.5, 0.6) is 0 Å². The maximum absolute atomic E-state index is 12.0. The number of imidazole rings is 1. The minimum Gasteiger partial charge on any atom is -0.346 e. The summed E-state index contributed by atoms with van der Waals surface area (Å²) in [5.41, 5.74) is 8.08. The van der Waals surface area contributed by atoms with Crippen molar-refractivity contribution in [3.8, 4) is 11.3 Å². The van der Waals surface area contributed by atoms with Crippen LogP contribution in [-0.4, -0.2) is 38.8 Å². The number of fused-ring (bicyclic) bond motifs is 1. The molecule has 2 heterocycles. The topological polar surface area (TPSA) is 114 Å². The molecule has 10 heteroatoms. The number of hydrogen-bond acceptors (Lipinski definition) is 5. The third-order valence-electron chi connectivity index (χ3n) is 4.14. The number of anilines is 1. The van der Waals surface area contributed by atoms with Gasteiger partial charge in [0.1, 0.15) is 0 Å². The molecule has 8 nitrogen and oxygen atoms in total. The summed E-state index contributed by atoms with van der Waals surface area (Å²) in [4.78, 5) is 32.4. The number of hydrogen-bond donors (Lipinski definition) is 3. The van der Waals surface area contributed by atoms with E-state index in [0.717, 1.165) is 11.3 Å². The number of nitrogens with one attached hydrogen (secondary N) is 2. The zero-order chi connectivity index (χ0) is 19.4. The van der Waals surface area contributed by atoms with Gasteiger partial charge in [-0.3, -0.25) is 14.0 Å². The molecular weight excluding hydrogens is 415 g/mol. The summed E-state index contributed by atoms with van der Waals surface area (Å²) in [6, 6.07) is 8.51. The van der Waals surface area contributed by atoms with Crippen molar-refractivity contribution >= 4 is 48.1 Å². The van der Waals surface area contributed by atoms with Crippen molar-refractivity contribution < 1.29 is 9.59 Å². The van der Waals surface area contributed by atoms with Gasteiger partial charge in [-0.1, -0.05) is 26.0 Å². The Labute approximate surface area is 181 Å². The smallest absolute Gasteiger partial charge is 0.243 e. The van der Waals surface area contributed by atoms with Gasteiger partial charge in [0.15, 0.2) is 0 Å². The SMILES string of the molecule is CC(C)[C@H](N)C(=O)NCC(=O)Nc1ccc(-c2cn3cccnc3n2)cc1.Cl.Cl. The van der Waals surface area contributed by atoms with Gasteiger partial charge in [-0.15, -0.1) is 24.8 Å². The van der Waals surface area contributed by atoms with Crippen molar-refractivity contribution in [2.75, 3.05) is 11.9 Å². The maximum atomic E-state index is 12.0. The molecule has 1 aromatic carbocycles. The van der Waals surface area contributed by atoms with Gasteiger partial charge in [-0.25, -0.2) is 9.97 Å². The predicted molar refractivity (Wildman–Crippen MR) is 117 cm³/mol. The second-order valence-corrected chi connectivity index (χ2v) is 6.57. The summed E-state index contributed by atoms with van der Waals surface area (Å²) in [6.45, 7) is 3.58. The van der Waals surface area contributed by atoms with E-state index >= 15 is 0 Å². The average Bonchev–Trinajstić information content (AvgIpc) is 3.10. The van der Waals surface area contributed by atoms with Crippen molar-refractivity contribution in [1.29, 1.82) is 0 Å². The minimum atomic E-state index is -0.628. The molecule has 0 aliphatic carbocycles. The summed E-state index contributed by atoms with van der Waals surface area (Å²) < 4.78 is 1.84. The number of halogens is 2. The highest BCUT2D eigenvalue weighted by atomic mass is 35.5. The first-order valence-corrected chi connectivity index (χ1v) is 8.67.